The van der Waals surface area contributed by atoms with Gasteiger partial charge in [0.05, 0.1) is 32.0 Å². The summed E-state index contributed by atoms with van der Waals surface area (Å²) in [6.45, 7) is 3.17. The third kappa shape index (κ3) is 5.76. The monoisotopic (exact) mass is 499 g/mol. The minimum Gasteiger partial charge on any atom is -0.493 e. The first-order valence-corrected chi connectivity index (χ1v) is 9.56. The summed E-state index contributed by atoms with van der Waals surface area (Å²) < 4.78 is 13.1. The molecule has 7 nitrogen and oxygen atoms in total. The van der Waals surface area contributed by atoms with Crippen molar-refractivity contribution in [2.75, 3.05) is 26.1 Å². The van der Waals surface area contributed by atoms with E-state index in [0.717, 1.165) is 17.1 Å². The molecule has 0 aliphatic heterocycles. The van der Waals surface area contributed by atoms with Crippen LogP contribution < -0.4 is 20.1 Å². The van der Waals surface area contributed by atoms with E-state index in [4.69, 9.17) is 14.6 Å². The second-order valence-electron chi connectivity index (χ2n) is 6.57. The molecule has 0 radical (unpaired) electrons. The van der Waals surface area contributed by atoms with Gasteiger partial charge in [-0.05, 0) is 38.0 Å². The smallest absolute Gasteiger partial charge is 0.195 e. The number of hydrogen-bond donors (Lipinski definition) is 2. The number of nitrogens with one attached hydrogen (secondary N) is 2. The molecule has 1 aliphatic carbocycles. The van der Waals surface area contributed by atoms with E-state index >= 15 is 0 Å². The third-order valence-corrected chi connectivity index (χ3v) is 4.75. The SMILES string of the molecule is CCOc1ccc(NC(=NC)NCc2ccn(C3CCCC3)n2)cc1OC.I. The summed E-state index contributed by atoms with van der Waals surface area (Å²) in [5, 5.41) is 11.3. The molecule has 154 valence electrons. The lowest BCUT2D eigenvalue weighted by Gasteiger charge is -2.14. The highest BCUT2D eigenvalue weighted by Gasteiger charge is 2.17. The van der Waals surface area contributed by atoms with Crippen LogP contribution in [0.3, 0.4) is 0 Å². The summed E-state index contributed by atoms with van der Waals surface area (Å²) in [4.78, 5) is 4.28. The Morgan fingerprint density at radius 3 is 2.71 bits per heavy atom. The van der Waals surface area contributed by atoms with Crippen molar-refractivity contribution in [1.29, 1.82) is 0 Å². The summed E-state index contributed by atoms with van der Waals surface area (Å²) in [7, 11) is 3.38. The van der Waals surface area contributed by atoms with Gasteiger partial charge in [-0.15, -0.1) is 24.0 Å². The van der Waals surface area contributed by atoms with Crippen molar-refractivity contribution in [3.05, 3.63) is 36.2 Å². The number of halogens is 1. The normalized spacial score (nSPS) is 14.5. The van der Waals surface area contributed by atoms with E-state index in [0.29, 0.717) is 30.9 Å². The standard InChI is InChI=1S/C20H29N5O2.HI/c1-4-27-18-10-9-15(13-19(18)26-3)23-20(21-2)22-14-16-11-12-25(24-16)17-7-5-6-8-17;/h9-13,17H,4-8,14H2,1-3H3,(H2,21,22,23);1H. The predicted molar refractivity (Wildman–Crippen MR) is 123 cm³/mol. The Balaban J connectivity index is 0.00000280. The maximum absolute atomic E-state index is 5.55. The van der Waals surface area contributed by atoms with Gasteiger partial charge < -0.3 is 20.1 Å². The Kier molecular flexibility index (Phi) is 8.88. The van der Waals surface area contributed by atoms with Crippen LogP contribution in [0.5, 0.6) is 11.5 Å². The third-order valence-electron chi connectivity index (χ3n) is 4.75. The summed E-state index contributed by atoms with van der Waals surface area (Å²) in [5.41, 5.74) is 1.88. The van der Waals surface area contributed by atoms with Crippen LogP contribution in [0.15, 0.2) is 35.5 Å². The van der Waals surface area contributed by atoms with E-state index in [1.165, 1.54) is 25.7 Å². The molecule has 0 spiro atoms. The molecule has 2 aromatic rings. The van der Waals surface area contributed by atoms with Crippen molar-refractivity contribution in [3.63, 3.8) is 0 Å². The molecule has 8 heteroatoms. The zero-order valence-electron chi connectivity index (χ0n) is 16.8. The van der Waals surface area contributed by atoms with Crippen LogP contribution >= 0.6 is 24.0 Å². The first-order chi connectivity index (χ1) is 13.2. The molecule has 1 aromatic carbocycles. The summed E-state index contributed by atoms with van der Waals surface area (Å²) in [5.74, 6) is 2.09. The molecule has 0 atom stereocenters. The topological polar surface area (TPSA) is 72.7 Å². The predicted octanol–water partition coefficient (Wildman–Crippen LogP) is 4.21. The van der Waals surface area contributed by atoms with Gasteiger partial charge in [0.1, 0.15) is 0 Å². The molecule has 2 N–H and O–H groups in total. The second-order valence-corrected chi connectivity index (χ2v) is 6.57. The number of anilines is 1. The highest BCUT2D eigenvalue weighted by Crippen LogP contribution is 2.30. The highest BCUT2D eigenvalue weighted by atomic mass is 127. The maximum atomic E-state index is 5.55. The van der Waals surface area contributed by atoms with Gasteiger partial charge in [0.2, 0.25) is 0 Å². The van der Waals surface area contributed by atoms with Crippen LogP contribution in [-0.2, 0) is 6.54 Å². The number of nitrogens with zero attached hydrogens (tertiary/aromatic N) is 3. The fourth-order valence-corrected chi connectivity index (χ4v) is 3.35. The Hall–Kier alpha value is -1.97. The van der Waals surface area contributed by atoms with Crippen molar-refractivity contribution >= 4 is 35.6 Å². The number of aromatic nitrogens is 2. The Morgan fingerprint density at radius 2 is 2.04 bits per heavy atom. The summed E-state index contributed by atoms with van der Waals surface area (Å²) in [6.07, 6.45) is 7.16. The molecule has 28 heavy (non-hydrogen) atoms. The Morgan fingerprint density at radius 1 is 1.25 bits per heavy atom. The molecule has 0 amide bonds. The van der Waals surface area contributed by atoms with E-state index in [1.54, 1.807) is 14.2 Å². The van der Waals surface area contributed by atoms with Crippen LogP contribution in [0.25, 0.3) is 0 Å². The summed E-state index contributed by atoms with van der Waals surface area (Å²) in [6, 6.07) is 8.36. The van der Waals surface area contributed by atoms with Gasteiger partial charge in [0, 0.05) is 25.0 Å². The van der Waals surface area contributed by atoms with Gasteiger partial charge in [-0.25, -0.2) is 0 Å². The number of guanidine groups is 1. The zero-order valence-corrected chi connectivity index (χ0v) is 19.1. The maximum Gasteiger partial charge on any atom is 0.195 e. The molecule has 1 aliphatic rings. The number of rotatable bonds is 7. The largest absolute Gasteiger partial charge is 0.493 e. The first-order valence-electron chi connectivity index (χ1n) is 9.56. The lowest BCUT2D eigenvalue weighted by atomic mass is 10.2. The van der Waals surface area contributed by atoms with Crippen LogP contribution in [0.1, 0.15) is 44.3 Å². The lowest BCUT2D eigenvalue weighted by Crippen LogP contribution is -2.30. The quantitative estimate of drug-likeness (QED) is 0.339. The Labute approximate surface area is 183 Å². The minimum absolute atomic E-state index is 0. The van der Waals surface area contributed by atoms with Crippen LogP contribution in [0.4, 0.5) is 5.69 Å². The summed E-state index contributed by atoms with van der Waals surface area (Å²) >= 11 is 0. The Bertz CT molecular complexity index is 772. The van der Waals surface area contributed by atoms with Crippen molar-refractivity contribution in [3.8, 4) is 11.5 Å². The number of methoxy groups -OCH3 is 1. The van der Waals surface area contributed by atoms with E-state index < -0.39 is 0 Å². The van der Waals surface area contributed by atoms with Crippen molar-refractivity contribution < 1.29 is 9.47 Å². The zero-order chi connectivity index (χ0) is 19.1. The molecule has 1 aromatic heterocycles. The van der Waals surface area contributed by atoms with Crippen LogP contribution in [0, 0.1) is 0 Å². The van der Waals surface area contributed by atoms with Gasteiger partial charge in [0.25, 0.3) is 0 Å². The van der Waals surface area contributed by atoms with Crippen LogP contribution in [-0.4, -0.2) is 36.5 Å². The van der Waals surface area contributed by atoms with Gasteiger partial charge in [-0.3, -0.25) is 9.67 Å². The molecule has 3 rings (SSSR count). The first kappa shape index (κ1) is 22.3. The van der Waals surface area contributed by atoms with Crippen molar-refractivity contribution in [2.45, 2.75) is 45.2 Å². The van der Waals surface area contributed by atoms with E-state index in [9.17, 15) is 0 Å². The van der Waals surface area contributed by atoms with Gasteiger partial charge >= 0.3 is 0 Å². The van der Waals surface area contributed by atoms with Gasteiger partial charge in [0.15, 0.2) is 17.5 Å². The van der Waals surface area contributed by atoms with E-state index in [2.05, 4.69) is 32.6 Å². The number of ether oxygens (including phenoxy) is 2. The second kappa shape index (κ2) is 11.1. The number of aliphatic imine (C=N–C) groups is 1. The fraction of sp³-hybridized carbons (Fsp3) is 0.500. The van der Waals surface area contributed by atoms with Gasteiger partial charge in [-0.2, -0.15) is 5.10 Å². The van der Waals surface area contributed by atoms with E-state index in [-0.39, 0.29) is 24.0 Å². The lowest BCUT2D eigenvalue weighted by molar-refractivity contribution is 0.311. The molecule has 1 fully saturated rings. The number of hydrogen-bond acceptors (Lipinski definition) is 4. The molecule has 1 heterocycles. The average Bonchev–Trinajstić information content (AvgIpc) is 3.37. The number of benzene rings is 1. The highest BCUT2D eigenvalue weighted by molar-refractivity contribution is 14.0. The van der Waals surface area contributed by atoms with E-state index in [1.807, 2.05) is 25.1 Å². The molecule has 0 unspecified atom stereocenters. The molecular formula is C20H30IN5O2. The molecule has 0 bridgehead atoms. The molecule has 0 saturated heterocycles. The van der Waals surface area contributed by atoms with Gasteiger partial charge in [-0.1, -0.05) is 12.8 Å². The van der Waals surface area contributed by atoms with Crippen molar-refractivity contribution in [1.82, 2.24) is 15.1 Å². The molecular weight excluding hydrogens is 469 g/mol. The minimum atomic E-state index is 0. The average molecular weight is 499 g/mol. The molecule has 1 saturated carbocycles. The fourth-order valence-electron chi connectivity index (χ4n) is 3.35. The van der Waals surface area contributed by atoms with Crippen LogP contribution in [0.2, 0.25) is 0 Å². The van der Waals surface area contributed by atoms with Crippen molar-refractivity contribution in [2.24, 2.45) is 4.99 Å².